The minimum absolute atomic E-state index is 0.0558. The summed E-state index contributed by atoms with van der Waals surface area (Å²) in [6.07, 6.45) is -0.00972. The molecular formula is C29H25BrClFN2O3. The molecule has 0 saturated carbocycles. The second-order valence-corrected chi connectivity index (χ2v) is 10.6. The van der Waals surface area contributed by atoms with Gasteiger partial charge in [0.15, 0.2) is 0 Å². The summed E-state index contributed by atoms with van der Waals surface area (Å²) in [5, 5.41) is 13.3. The first-order valence-corrected chi connectivity index (χ1v) is 12.9. The normalized spacial score (nSPS) is 12.8. The Morgan fingerprint density at radius 1 is 1.11 bits per heavy atom. The molecule has 1 unspecified atom stereocenters. The number of carbonyl (C=O) groups is 2. The Morgan fingerprint density at radius 2 is 1.84 bits per heavy atom. The fraction of sp³-hybridized carbons (Fsp3) is 0.207. The number of hydrogen-bond donors (Lipinski definition) is 2. The van der Waals surface area contributed by atoms with Gasteiger partial charge in [0.05, 0.1) is 16.8 Å². The molecule has 1 amide bonds. The van der Waals surface area contributed by atoms with Crippen LogP contribution in [0, 0.1) is 12.7 Å². The number of carboxylic acid groups (broad SMARTS) is 1. The van der Waals surface area contributed by atoms with Crippen LogP contribution in [0.25, 0.3) is 22.2 Å². The van der Waals surface area contributed by atoms with Gasteiger partial charge in [-0.25, -0.2) is 9.37 Å². The second kappa shape index (κ2) is 11.0. The molecule has 1 aromatic heterocycles. The summed E-state index contributed by atoms with van der Waals surface area (Å²) >= 11 is 9.89. The number of pyridine rings is 1. The van der Waals surface area contributed by atoms with Gasteiger partial charge in [-0.1, -0.05) is 64.8 Å². The lowest BCUT2D eigenvalue weighted by Gasteiger charge is -2.31. The maximum Gasteiger partial charge on any atom is 0.303 e. The van der Waals surface area contributed by atoms with Crippen LogP contribution in [0.5, 0.6) is 0 Å². The summed E-state index contributed by atoms with van der Waals surface area (Å²) in [7, 11) is 0. The van der Waals surface area contributed by atoms with Crippen LogP contribution in [0.15, 0.2) is 71.2 Å². The lowest BCUT2D eigenvalue weighted by atomic mass is 9.78. The van der Waals surface area contributed by atoms with Crippen molar-refractivity contribution in [3.05, 3.63) is 98.7 Å². The minimum Gasteiger partial charge on any atom is -0.481 e. The van der Waals surface area contributed by atoms with Crippen LogP contribution in [0.3, 0.4) is 0 Å². The highest BCUT2D eigenvalue weighted by molar-refractivity contribution is 9.10. The summed E-state index contributed by atoms with van der Waals surface area (Å²) in [4.78, 5) is 30.0. The largest absolute Gasteiger partial charge is 0.481 e. The van der Waals surface area contributed by atoms with Crippen molar-refractivity contribution in [3.8, 4) is 11.3 Å². The average Bonchev–Trinajstić information content (AvgIpc) is 2.87. The van der Waals surface area contributed by atoms with Crippen molar-refractivity contribution in [2.75, 3.05) is 6.54 Å². The molecular weight excluding hydrogens is 559 g/mol. The van der Waals surface area contributed by atoms with E-state index in [0.29, 0.717) is 38.3 Å². The molecule has 2 N–H and O–H groups in total. The van der Waals surface area contributed by atoms with Crippen molar-refractivity contribution in [1.82, 2.24) is 10.3 Å². The van der Waals surface area contributed by atoms with Gasteiger partial charge in [0.2, 0.25) is 0 Å². The maximum atomic E-state index is 14.1. The van der Waals surface area contributed by atoms with E-state index in [2.05, 4.69) is 21.2 Å². The number of fused-ring (bicyclic) bond motifs is 1. The molecule has 0 saturated heterocycles. The van der Waals surface area contributed by atoms with E-state index in [0.717, 1.165) is 10.0 Å². The molecule has 5 nitrogen and oxygen atoms in total. The molecule has 0 aliphatic rings. The van der Waals surface area contributed by atoms with Crippen molar-refractivity contribution < 1.29 is 19.1 Å². The van der Waals surface area contributed by atoms with Crippen LogP contribution < -0.4 is 5.32 Å². The summed E-state index contributed by atoms with van der Waals surface area (Å²) in [5.74, 6) is -1.81. The van der Waals surface area contributed by atoms with Gasteiger partial charge in [0.25, 0.3) is 5.91 Å². The molecule has 4 aromatic rings. The molecule has 0 bridgehead atoms. The third kappa shape index (κ3) is 5.84. The number of halogens is 3. The minimum atomic E-state index is -0.988. The van der Waals surface area contributed by atoms with Gasteiger partial charge in [-0.05, 0) is 60.9 Å². The van der Waals surface area contributed by atoms with Crippen LogP contribution in [0.2, 0.25) is 5.02 Å². The predicted octanol–water partition coefficient (Wildman–Crippen LogP) is 7.32. The van der Waals surface area contributed by atoms with Crippen molar-refractivity contribution in [2.24, 2.45) is 0 Å². The maximum absolute atomic E-state index is 14.1. The topological polar surface area (TPSA) is 79.3 Å². The number of rotatable bonds is 8. The van der Waals surface area contributed by atoms with Crippen LogP contribution in [0.4, 0.5) is 4.39 Å². The molecule has 4 rings (SSSR count). The van der Waals surface area contributed by atoms with Crippen LogP contribution in [-0.4, -0.2) is 28.5 Å². The molecule has 8 heteroatoms. The zero-order valence-electron chi connectivity index (χ0n) is 20.3. The summed E-state index contributed by atoms with van der Waals surface area (Å²) in [6.45, 7) is 3.69. The molecule has 0 aliphatic heterocycles. The predicted molar refractivity (Wildman–Crippen MR) is 148 cm³/mol. The number of hydrogen-bond acceptors (Lipinski definition) is 3. The Kier molecular flexibility index (Phi) is 7.95. The second-order valence-electron chi connectivity index (χ2n) is 9.25. The molecule has 190 valence electrons. The molecule has 3 aromatic carbocycles. The number of nitrogens with zero attached hydrogens (tertiary/aromatic N) is 1. The molecule has 37 heavy (non-hydrogen) atoms. The van der Waals surface area contributed by atoms with E-state index in [-0.39, 0.29) is 25.3 Å². The SMILES string of the molecule is Cc1c(-c2ccccc2)nc2ccc(Br)cc2c1C(=O)NCC(C)(CCC(=O)O)c1cc(F)ccc1Cl. The van der Waals surface area contributed by atoms with E-state index in [1.165, 1.54) is 18.2 Å². The highest BCUT2D eigenvalue weighted by atomic mass is 79.9. The monoisotopic (exact) mass is 582 g/mol. The molecule has 1 atom stereocenters. The van der Waals surface area contributed by atoms with E-state index in [1.54, 1.807) is 6.92 Å². The third-order valence-corrected chi connectivity index (χ3v) is 7.40. The van der Waals surface area contributed by atoms with E-state index < -0.39 is 17.2 Å². The molecule has 0 fully saturated rings. The molecule has 0 radical (unpaired) electrons. The van der Waals surface area contributed by atoms with E-state index >= 15 is 0 Å². The highest BCUT2D eigenvalue weighted by Gasteiger charge is 2.31. The number of benzene rings is 3. The van der Waals surface area contributed by atoms with Gasteiger partial charge >= 0.3 is 5.97 Å². The fourth-order valence-corrected chi connectivity index (χ4v) is 5.23. The van der Waals surface area contributed by atoms with Crippen molar-refractivity contribution in [1.29, 1.82) is 0 Å². The number of carbonyl (C=O) groups excluding carboxylic acids is 1. The van der Waals surface area contributed by atoms with Crippen molar-refractivity contribution >= 4 is 50.3 Å². The number of carboxylic acids is 1. The van der Waals surface area contributed by atoms with Gasteiger partial charge < -0.3 is 10.4 Å². The first-order valence-electron chi connectivity index (χ1n) is 11.7. The molecule has 0 aliphatic carbocycles. The first-order chi connectivity index (χ1) is 17.6. The zero-order chi connectivity index (χ0) is 26.7. The number of amides is 1. The molecule has 1 heterocycles. The summed E-state index contributed by atoms with van der Waals surface area (Å²) < 4.78 is 14.9. The van der Waals surface area contributed by atoms with Crippen LogP contribution in [-0.2, 0) is 10.2 Å². The van der Waals surface area contributed by atoms with E-state index in [4.69, 9.17) is 16.6 Å². The third-order valence-electron chi connectivity index (χ3n) is 6.57. The Bertz CT molecular complexity index is 1500. The first kappa shape index (κ1) is 26.8. The van der Waals surface area contributed by atoms with Crippen LogP contribution >= 0.6 is 27.5 Å². The van der Waals surface area contributed by atoms with Crippen molar-refractivity contribution in [3.63, 3.8) is 0 Å². The summed E-state index contributed by atoms with van der Waals surface area (Å²) in [6, 6.07) is 19.2. The quantitative estimate of drug-likeness (QED) is 0.228. The number of nitrogens with one attached hydrogen (secondary N) is 1. The Hall–Kier alpha value is -3.29. The Morgan fingerprint density at radius 3 is 2.54 bits per heavy atom. The zero-order valence-corrected chi connectivity index (χ0v) is 22.7. The van der Waals surface area contributed by atoms with Gasteiger partial charge in [-0.15, -0.1) is 0 Å². The smallest absolute Gasteiger partial charge is 0.303 e. The summed E-state index contributed by atoms with van der Waals surface area (Å²) in [5.41, 5.74) is 2.95. The highest BCUT2D eigenvalue weighted by Crippen LogP contribution is 2.35. The van der Waals surface area contributed by atoms with Crippen LogP contribution in [0.1, 0.15) is 41.3 Å². The lowest BCUT2D eigenvalue weighted by Crippen LogP contribution is -2.39. The van der Waals surface area contributed by atoms with E-state index in [1.807, 2.05) is 55.5 Å². The lowest BCUT2D eigenvalue weighted by molar-refractivity contribution is -0.137. The van der Waals surface area contributed by atoms with Gasteiger partial charge in [-0.3, -0.25) is 9.59 Å². The average molecular weight is 584 g/mol. The number of aromatic nitrogens is 1. The standard InChI is InChI=1S/C29H25BrClFN2O3/c1-17-26(21-14-19(30)8-11-24(21)34-27(17)18-6-4-3-5-7-18)28(37)33-16-29(2,13-12-25(35)36)22-15-20(32)9-10-23(22)31/h3-11,14-15H,12-13,16H2,1-2H3,(H,33,37)(H,35,36). The Labute approximate surface area is 227 Å². The van der Waals surface area contributed by atoms with Gasteiger partial charge in [0, 0.05) is 38.8 Å². The van der Waals surface area contributed by atoms with E-state index in [9.17, 15) is 19.1 Å². The Balaban J connectivity index is 1.76. The number of aliphatic carboxylic acids is 1. The fourth-order valence-electron chi connectivity index (χ4n) is 4.53. The molecule has 0 spiro atoms. The van der Waals surface area contributed by atoms with Gasteiger partial charge in [-0.2, -0.15) is 0 Å². The van der Waals surface area contributed by atoms with Crippen molar-refractivity contribution in [2.45, 2.75) is 32.1 Å². The van der Waals surface area contributed by atoms with Gasteiger partial charge in [0.1, 0.15) is 5.82 Å².